The second-order valence-corrected chi connectivity index (χ2v) is 1.33. The Kier molecular flexibility index (Phi) is 1.82. The van der Waals surface area contributed by atoms with Crippen molar-refractivity contribution in [2.75, 3.05) is 19.8 Å². The topological polar surface area (TPSA) is 44.8 Å². The van der Waals surface area contributed by atoms with Crippen molar-refractivity contribution in [3.63, 3.8) is 0 Å². The van der Waals surface area contributed by atoms with Crippen molar-refractivity contribution in [3.8, 4) is 0 Å². The highest BCUT2D eigenvalue weighted by atomic mass is 17.2. The molecule has 4 heteroatoms. The molecule has 1 aliphatic heterocycles. The summed E-state index contributed by atoms with van der Waals surface area (Å²) < 4.78 is 4.71. The van der Waals surface area contributed by atoms with Gasteiger partial charge in [-0.1, -0.05) is 0 Å². The lowest BCUT2D eigenvalue weighted by Gasteiger charge is -1.91. The molecular formula is C4H6O4. The predicted octanol–water partition coefficient (Wildman–Crippen LogP) is -0.509. The highest BCUT2D eigenvalue weighted by Crippen LogP contribution is 1.89. The van der Waals surface area contributed by atoms with Gasteiger partial charge in [0.25, 0.3) is 0 Å². The molecule has 46 valence electrons. The average Bonchev–Trinajstić information content (AvgIpc) is 1.94. The Balaban J connectivity index is 2.27. The van der Waals surface area contributed by atoms with Crippen LogP contribution in [0.5, 0.6) is 0 Å². The first-order chi connectivity index (χ1) is 3.89. The zero-order valence-corrected chi connectivity index (χ0v) is 4.25. The number of hydrogen-bond donors (Lipinski definition) is 0. The summed E-state index contributed by atoms with van der Waals surface area (Å²) in [5, 5.41) is 0. The molecule has 0 aliphatic carbocycles. The molecule has 0 bridgehead atoms. The molecule has 1 saturated heterocycles. The van der Waals surface area contributed by atoms with Gasteiger partial charge in [0.1, 0.15) is 13.2 Å². The highest BCUT2D eigenvalue weighted by Gasteiger charge is 2.07. The van der Waals surface area contributed by atoms with Crippen LogP contribution >= 0.6 is 0 Å². The maximum Gasteiger partial charge on any atom is 0.367 e. The van der Waals surface area contributed by atoms with Gasteiger partial charge in [0, 0.05) is 0 Å². The van der Waals surface area contributed by atoms with E-state index < -0.39 is 5.97 Å². The van der Waals surface area contributed by atoms with E-state index in [-0.39, 0.29) is 6.61 Å². The Labute approximate surface area is 46.3 Å². The van der Waals surface area contributed by atoms with Crippen molar-refractivity contribution in [2.45, 2.75) is 0 Å². The molecule has 0 N–H and O–H groups in total. The summed E-state index contributed by atoms with van der Waals surface area (Å²) in [4.78, 5) is 18.7. The maximum absolute atomic E-state index is 10.2. The van der Waals surface area contributed by atoms with Crippen molar-refractivity contribution in [1.82, 2.24) is 0 Å². The minimum Gasteiger partial charge on any atom is -0.367 e. The Morgan fingerprint density at radius 1 is 1.38 bits per heavy atom. The molecule has 1 fully saturated rings. The van der Waals surface area contributed by atoms with Gasteiger partial charge in [0.05, 0.1) is 6.61 Å². The molecule has 0 aromatic carbocycles. The Hall–Kier alpha value is -0.610. The molecule has 1 aliphatic rings. The third-order valence-electron chi connectivity index (χ3n) is 0.683. The van der Waals surface area contributed by atoms with Crippen molar-refractivity contribution < 1.29 is 19.3 Å². The summed E-state index contributed by atoms with van der Waals surface area (Å²) >= 11 is 0. The lowest BCUT2D eigenvalue weighted by molar-refractivity contribution is -0.265. The predicted molar refractivity (Wildman–Crippen MR) is 22.9 cm³/mol. The maximum atomic E-state index is 10.2. The fourth-order valence-electron chi connectivity index (χ4n) is 0.380. The number of rotatable bonds is 0. The lowest BCUT2D eigenvalue weighted by atomic mass is 10.7. The molecule has 4 nitrogen and oxygen atoms in total. The SMILES string of the molecule is O=C1COCCOO1. The third-order valence-corrected chi connectivity index (χ3v) is 0.683. The van der Waals surface area contributed by atoms with Crippen LogP contribution in [0.3, 0.4) is 0 Å². The van der Waals surface area contributed by atoms with Crippen molar-refractivity contribution >= 4 is 5.97 Å². The smallest absolute Gasteiger partial charge is 0.367 e. The third kappa shape index (κ3) is 1.48. The van der Waals surface area contributed by atoms with Crippen LogP contribution in [0, 0.1) is 0 Å². The molecule has 0 aromatic rings. The lowest BCUT2D eigenvalue weighted by Crippen LogP contribution is -2.06. The van der Waals surface area contributed by atoms with E-state index in [1.807, 2.05) is 0 Å². The van der Waals surface area contributed by atoms with E-state index in [9.17, 15) is 4.79 Å². The quantitative estimate of drug-likeness (QED) is 0.402. The molecule has 0 radical (unpaired) electrons. The van der Waals surface area contributed by atoms with Crippen LogP contribution in [-0.2, 0) is 19.3 Å². The van der Waals surface area contributed by atoms with Crippen molar-refractivity contribution in [2.24, 2.45) is 0 Å². The number of carbonyl (C=O) groups is 1. The molecule has 0 atom stereocenters. The molecule has 0 saturated carbocycles. The van der Waals surface area contributed by atoms with Gasteiger partial charge >= 0.3 is 5.97 Å². The van der Waals surface area contributed by atoms with Gasteiger partial charge in [0.2, 0.25) is 0 Å². The van der Waals surface area contributed by atoms with Crippen LogP contribution in [0.1, 0.15) is 0 Å². The van der Waals surface area contributed by atoms with Crippen molar-refractivity contribution in [1.29, 1.82) is 0 Å². The van der Waals surface area contributed by atoms with Gasteiger partial charge in [0.15, 0.2) is 0 Å². The minimum absolute atomic E-state index is 0. The first kappa shape index (κ1) is 5.53. The highest BCUT2D eigenvalue weighted by molar-refractivity contribution is 5.70. The molecule has 8 heavy (non-hydrogen) atoms. The fourth-order valence-corrected chi connectivity index (χ4v) is 0.380. The van der Waals surface area contributed by atoms with Crippen LogP contribution < -0.4 is 0 Å². The van der Waals surface area contributed by atoms with E-state index in [4.69, 9.17) is 4.74 Å². The van der Waals surface area contributed by atoms with Gasteiger partial charge in [-0.25, -0.2) is 4.79 Å². The summed E-state index contributed by atoms with van der Waals surface area (Å²) in [5.74, 6) is -0.470. The molecule has 1 rings (SSSR count). The van der Waals surface area contributed by atoms with Crippen LogP contribution in [0.25, 0.3) is 0 Å². The van der Waals surface area contributed by atoms with E-state index in [1.54, 1.807) is 0 Å². The molecule has 0 amide bonds. The molecule has 0 spiro atoms. The van der Waals surface area contributed by atoms with E-state index in [0.717, 1.165) is 0 Å². The summed E-state index contributed by atoms with van der Waals surface area (Å²) in [7, 11) is 0. The van der Waals surface area contributed by atoms with Gasteiger partial charge in [-0.15, -0.1) is 0 Å². The average molecular weight is 118 g/mol. The normalized spacial score (nSPS) is 21.8. The second kappa shape index (κ2) is 2.64. The zero-order chi connectivity index (χ0) is 5.82. The fraction of sp³-hybridized carbons (Fsp3) is 0.750. The van der Waals surface area contributed by atoms with E-state index in [0.29, 0.717) is 13.2 Å². The van der Waals surface area contributed by atoms with Crippen LogP contribution in [-0.4, -0.2) is 25.8 Å². The summed E-state index contributed by atoms with van der Waals surface area (Å²) in [6, 6.07) is 0. The monoisotopic (exact) mass is 118 g/mol. The number of carbonyl (C=O) groups excluding carboxylic acids is 1. The largest absolute Gasteiger partial charge is 0.367 e. The van der Waals surface area contributed by atoms with Crippen LogP contribution in [0.15, 0.2) is 0 Å². The van der Waals surface area contributed by atoms with Crippen LogP contribution in [0.2, 0.25) is 0 Å². The Morgan fingerprint density at radius 3 is 3.12 bits per heavy atom. The first-order valence-corrected chi connectivity index (χ1v) is 2.29. The first-order valence-electron chi connectivity index (χ1n) is 2.29. The van der Waals surface area contributed by atoms with E-state index in [2.05, 4.69) is 9.78 Å². The van der Waals surface area contributed by atoms with Gasteiger partial charge in [-0.3, -0.25) is 4.89 Å². The second-order valence-electron chi connectivity index (χ2n) is 1.33. The summed E-state index contributed by atoms with van der Waals surface area (Å²) in [6.07, 6.45) is 0. The molecule has 1 heterocycles. The standard InChI is InChI=1S/C4H6O4/c5-4-3-6-1-2-7-8-4/h1-3H2. The Morgan fingerprint density at radius 2 is 2.25 bits per heavy atom. The van der Waals surface area contributed by atoms with E-state index in [1.165, 1.54) is 0 Å². The van der Waals surface area contributed by atoms with Crippen LogP contribution in [0.4, 0.5) is 0 Å². The van der Waals surface area contributed by atoms with Gasteiger partial charge in [-0.2, -0.15) is 4.89 Å². The van der Waals surface area contributed by atoms with Gasteiger partial charge in [-0.05, 0) is 0 Å². The number of hydrogen-bond acceptors (Lipinski definition) is 4. The van der Waals surface area contributed by atoms with Gasteiger partial charge < -0.3 is 4.74 Å². The number of ether oxygens (including phenoxy) is 1. The summed E-state index contributed by atoms with van der Waals surface area (Å²) in [6.45, 7) is 0.748. The van der Waals surface area contributed by atoms with E-state index >= 15 is 0 Å². The summed E-state index contributed by atoms with van der Waals surface area (Å²) in [5.41, 5.74) is 0. The minimum atomic E-state index is -0.470. The molecule has 0 aromatic heterocycles. The molecular weight excluding hydrogens is 112 g/mol. The Bertz CT molecular complexity index is 80.0. The molecule has 0 unspecified atom stereocenters. The zero-order valence-electron chi connectivity index (χ0n) is 4.25. The van der Waals surface area contributed by atoms with Crippen molar-refractivity contribution in [3.05, 3.63) is 0 Å².